The monoisotopic (exact) mass is 480 g/mol. The molecule has 1 heterocycles. The summed E-state index contributed by atoms with van der Waals surface area (Å²) in [7, 11) is 0. The average Bonchev–Trinajstić information content (AvgIpc) is 2.78. The van der Waals surface area contributed by atoms with Gasteiger partial charge in [0.2, 0.25) is 0 Å². The van der Waals surface area contributed by atoms with Crippen LogP contribution in [0, 0.1) is 11.6 Å². The molecule has 0 atom stereocenters. The first kappa shape index (κ1) is 23.3. The Kier molecular flexibility index (Phi) is 5.84. The Morgan fingerprint density at radius 3 is 1.38 bits per heavy atom. The molecule has 0 saturated heterocycles. The largest absolute Gasteiger partial charge is 0.416 e. The molecule has 3 aromatic carbocycles. The highest BCUT2D eigenvalue weighted by atomic mass is 19.4. The summed E-state index contributed by atoms with van der Waals surface area (Å²) in [5, 5.41) is 0. The van der Waals surface area contributed by atoms with Gasteiger partial charge in [-0.25, -0.2) is 18.7 Å². The molecule has 0 aliphatic rings. The molecule has 0 bridgehead atoms. The number of halogens is 8. The molecular weight excluding hydrogens is 468 g/mol. The predicted molar refractivity (Wildman–Crippen MR) is 108 cm³/mol. The van der Waals surface area contributed by atoms with Crippen LogP contribution in [0.2, 0.25) is 0 Å². The van der Waals surface area contributed by atoms with Gasteiger partial charge in [0.1, 0.15) is 11.6 Å². The molecule has 0 unspecified atom stereocenters. The molecule has 0 radical (unpaired) electrons. The van der Waals surface area contributed by atoms with Gasteiger partial charge in [0, 0.05) is 16.7 Å². The van der Waals surface area contributed by atoms with Gasteiger partial charge < -0.3 is 0 Å². The van der Waals surface area contributed by atoms with Gasteiger partial charge in [0.15, 0.2) is 5.82 Å². The molecule has 0 saturated carbocycles. The summed E-state index contributed by atoms with van der Waals surface area (Å²) in [6.07, 6.45) is -9.57. The van der Waals surface area contributed by atoms with Gasteiger partial charge >= 0.3 is 12.4 Å². The van der Waals surface area contributed by atoms with Crippen molar-refractivity contribution in [3.05, 3.63) is 95.6 Å². The van der Waals surface area contributed by atoms with Gasteiger partial charge in [-0.15, -0.1) is 0 Å². The molecule has 0 fully saturated rings. The number of rotatable bonds is 3. The first-order valence-corrected chi connectivity index (χ1v) is 9.62. The maximum atomic E-state index is 14.6. The summed E-state index contributed by atoms with van der Waals surface area (Å²) in [5.74, 6) is -2.25. The van der Waals surface area contributed by atoms with E-state index in [2.05, 4.69) is 9.97 Å². The molecule has 2 nitrogen and oxygen atoms in total. The molecule has 4 rings (SSSR count). The third kappa shape index (κ3) is 4.75. The van der Waals surface area contributed by atoms with Crippen molar-refractivity contribution in [3.63, 3.8) is 0 Å². The fourth-order valence-corrected chi connectivity index (χ4v) is 3.24. The Morgan fingerprint density at radius 2 is 0.971 bits per heavy atom. The van der Waals surface area contributed by atoms with E-state index in [-0.39, 0.29) is 17.2 Å². The number of aromatic nitrogens is 2. The Morgan fingerprint density at radius 1 is 0.529 bits per heavy atom. The minimum absolute atomic E-state index is 0.137. The number of hydrogen-bond donors (Lipinski definition) is 0. The topological polar surface area (TPSA) is 25.8 Å². The van der Waals surface area contributed by atoms with E-state index < -0.39 is 46.2 Å². The quantitative estimate of drug-likeness (QED) is 0.280. The van der Waals surface area contributed by atoms with E-state index in [0.29, 0.717) is 42.0 Å². The lowest BCUT2D eigenvalue weighted by molar-refractivity contribution is -0.138. The van der Waals surface area contributed by atoms with Gasteiger partial charge in [-0.2, -0.15) is 26.3 Å². The normalized spacial score (nSPS) is 12.1. The molecule has 0 aliphatic carbocycles. The molecule has 34 heavy (non-hydrogen) atoms. The molecule has 4 aromatic rings. The zero-order valence-corrected chi connectivity index (χ0v) is 16.8. The second kappa shape index (κ2) is 8.51. The molecule has 10 heteroatoms. The predicted octanol–water partition coefficient (Wildman–Crippen LogP) is 7.79. The highest BCUT2D eigenvalue weighted by molar-refractivity contribution is 5.73. The minimum atomic E-state index is -4.78. The van der Waals surface area contributed by atoms with Crippen LogP contribution >= 0.6 is 0 Å². The van der Waals surface area contributed by atoms with Crippen LogP contribution in [0.15, 0.2) is 72.8 Å². The minimum Gasteiger partial charge on any atom is -0.228 e. The second-order valence-electron chi connectivity index (χ2n) is 7.21. The molecular formula is C24H12F8N2. The fraction of sp³-hybridized carbons (Fsp3) is 0.0833. The summed E-state index contributed by atoms with van der Waals surface area (Å²) in [6.45, 7) is 0. The van der Waals surface area contributed by atoms with Gasteiger partial charge in [-0.1, -0.05) is 30.3 Å². The van der Waals surface area contributed by atoms with Crippen LogP contribution in [0.4, 0.5) is 35.1 Å². The van der Waals surface area contributed by atoms with E-state index in [4.69, 9.17) is 0 Å². The number of hydrogen-bond acceptors (Lipinski definition) is 2. The Bertz CT molecular complexity index is 1260. The first-order valence-electron chi connectivity index (χ1n) is 9.62. The summed E-state index contributed by atoms with van der Waals surface area (Å²) in [4.78, 5) is 8.24. The molecule has 174 valence electrons. The number of benzene rings is 3. The summed E-state index contributed by atoms with van der Waals surface area (Å²) in [5.41, 5.74) is -3.82. The summed E-state index contributed by atoms with van der Waals surface area (Å²) in [6, 6.07) is 12.2. The number of nitrogens with zero attached hydrogens (tertiary/aromatic N) is 2. The lowest BCUT2D eigenvalue weighted by Gasteiger charge is -2.13. The standard InChI is InChI=1S/C24H12F8N2/c25-18-8-6-14(23(27,28)29)10-16(18)20-12-21(34-22(33-20)13-4-2-1-3-5-13)17-11-15(24(30,31)32)7-9-19(17)26/h1-12H. The van der Waals surface area contributed by atoms with Crippen molar-refractivity contribution in [2.45, 2.75) is 12.4 Å². The van der Waals surface area contributed by atoms with Gasteiger partial charge in [0.05, 0.1) is 22.5 Å². The summed E-state index contributed by atoms with van der Waals surface area (Å²) >= 11 is 0. The van der Waals surface area contributed by atoms with E-state index in [1.54, 1.807) is 18.2 Å². The van der Waals surface area contributed by atoms with Gasteiger partial charge in [-0.3, -0.25) is 0 Å². The Balaban J connectivity index is 1.99. The van der Waals surface area contributed by atoms with Crippen LogP contribution in [-0.4, -0.2) is 9.97 Å². The smallest absolute Gasteiger partial charge is 0.228 e. The van der Waals surface area contributed by atoms with Crippen molar-refractivity contribution < 1.29 is 35.1 Å². The molecule has 0 spiro atoms. The summed E-state index contributed by atoms with van der Waals surface area (Å²) < 4.78 is 108. The van der Waals surface area contributed by atoms with E-state index in [0.717, 1.165) is 6.07 Å². The van der Waals surface area contributed by atoms with Crippen molar-refractivity contribution in [2.24, 2.45) is 0 Å². The second-order valence-corrected chi connectivity index (χ2v) is 7.21. The van der Waals surface area contributed by atoms with Crippen LogP contribution in [0.3, 0.4) is 0 Å². The van der Waals surface area contributed by atoms with Gasteiger partial charge in [0.25, 0.3) is 0 Å². The average molecular weight is 480 g/mol. The van der Waals surface area contributed by atoms with Crippen LogP contribution in [-0.2, 0) is 12.4 Å². The van der Waals surface area contributed by atoms with Crippen molar-refractivity contribution in [1.29, 1.82) is 0 Å². The van der Waals surface area contributed by atoms with Crippen molar-refractivity contribution in [3.8, 4) is 33.9 Å². The van der Waals surface area contributed by atoms with E-state index in [9.17, 15) is 35.1 Å². The van der Waals surface area contributed by atoms with Crippen LogP contribution < -0.4 is 0 Å². The van der Waals surface area contributed by atoms with E-state index in [1.165, 1.54) is 12.1 Å². The van der Waals surface area contributed by atoms with E-state index >= 15 is 0 Å². The third-order valence-electron chi connectivity index (χ3n) is 4.90. The number of alkyl halides is 6. The first-order chi connectivity index (χ1) is 15.9. The molecule has 0 amide bonds. The SMILES string of the molecule is Fc1ccc(C(F)(F)F)cc1-c1cc(-c2cc(C(F)(F)F)ccc2F)nc(-c2ccccc2)n1. The lowest BCUT2D eigenvalue weighted by Crippen LogP contribution is -2.07. The van der Waals surface area contributed by atoms with Crippen LogP contribution in [0.5, 0.6) is 0 Å². The fourth-order valence-electron chi connectivity index (χ4n) is 3.24. The van der Waals surface area contributed by atoms with Crippen molar-refractivity contribution in [2.75, 3.05) is 0 Å². The lowest BCUT2D eigenvalue weighted by atomic mass is 10.0. The molecule has 0 aliphatic heterocycles. The van der Waals surface area contributed by atoms with Crippen molar-refractivity contribution in [1.82, 2.24) is 9.97 Å². The zero-order chi connectivity index (χ0) is 24.7. The maximum absolute atomic E-state index is 14.6. The van der Waals surface area contributed by atoms with Crippen molar-refractivity contribution >= 4 is 0 Å². The van der Waals surface area contributed by atoms with Crippen LogP contribution in [0.25, 0.3) is 33.9 Å². The maximum Gasteiger partial charge on any atom is 0.416 e. The Labute approximate surface area is 187 Å². The molecule has 0 N–H and O–H groups in total. The molecule has 1 aromatic heterocycles. The zero-order valence-electron chi connectivity index (χ0n) is 16.8. The van der Waals surface area contributed by atoms with Gasteiger partial charge in [-0.05, 0) is 42.5 Å². The Hall–Kier alpha value is -3.82. The van der Waals surface area contributed by atoms with E-state index in [1.807, 2.05) is 0 Å². The highest BCUT2D eigenvalue weighted by Gasteiger charge is 2.33. The highest BCUT2D eigenvalue weighted by Crippen LogP contribution is 2.37. The van der Waals surface area contributed by atoms with Crippen LogP contribution in [0.1, 0.15) is 11.1 Å². The third-order valence-corrected chi connectivity index (χ3v) is 4.90.